The zero-order valence-corrected chi connectivity index (χ0v) is 13.8. The maximum Gasteiger partial charge on any atom is 0.254 e. The highest BCUT2D eigenvalue weighted by atomic mass is 19.1. The molecular weight excluding hydrogens is 323 g/mol. The van der Waals surface area contributed by atoms with Gasteiger partial charge in [-0.25, -0.2) is 4.39 Å². The van der Waals surface area contributed by atoms with Crippen molar-refractivity contribution in [1.82, 2.24) is 5.32 Å². The number of amides is 2. The first kappa shape index (κ1) is 17.0. The number of nitrogens with one attached hydrogen (secondary N) is 2. The summed E-state index contributed by atoms with van der Waals surface area (Å²) in [6, 6.07) is 11.3. The Hall–Kier alpha value is -2.89. The van der Waals surface area contributed by atoms with Crippen molar-refractivity contribution in [3.63, 3.8) is 0 Å². The number of hydrogen-bond donors (Lipinski definition) is 2. The van der Waals surface area contributed by atoms with Crippen LogP contribution in [0.4, 0.5) is 10.1 Å². The highest BCUT2D eigenvalue weighted by Gasteiger charge is 2.29. The summed E-state index contributed by atoms with van der Waals surface area (Å²) in [5, 5.41) is 5.54. The molecule has 0 heterocycles. The van der Waals surface area contributed by atoms with Crippen LogP contribution in [0.3, 0.4) is 0 Å². The molecule has 0 spiro atoms. The van der Waals surface area contributed by atoms with Crippen molar-refractivity contribution in [3.8, 4) is 5.75 Å². The predicted molar refractivity (Wildman–Crippen MR) is 91.9 cm³/mol. The van der Waals surface area contributed by atoms with E-state index >= 15 is 0 Å². The van der Waals surface area contributed by atoms with Gasteiger partial charge in [0.05, 0.1) is 12.7 Å². The van der Waals surface area contributed by atoms with Gasteiger partial charge in [-0.15, -0.1) is 0 Å². The molecule has 3 rings (SSSR count). The molecule has 6 heteroatoms. The molecule has 2 aromatic rings. The van der Waals surface area contributed by atoms with Gasteiger partial charge in [-0.2, -0.15) is 0 Å². The molecule has 5 nitrogen and oxygen atoms in total. The van der Waals surface area contributed by atoms with Crippen LogP contribution in [0, 0.1) is 11.7 Å². The molecule has 1 saturated carbocycles. The minimum Gasteiger partial charge on any atom is -0.497 e. The van der Waals surface area contributed by atoms with Gasteiger partial charge >= 0.3 is 0 Å². The molecule has 1 aliphatic carbocycles. The van der Waals surface area contributed by atoms with Crippen molar-refractivity contribution in [1.29, 1.82) is 0 Å². The third-order valence-corrected chi connectivity index (χ3v) is 4.02. The summed E-state index contributed by atoms with van der Waals surface area (Å²) >= 11 is 0. The van der Waals surface area contributed by atoms with Gasteiger partial charge in [0.15, 0.2) is 0 Å². The summed E-state index contributed by atoms with van der Waals surface area (Å²) in [5.41, 5.74) is 1.47. The molecule has 0 bridgehead atoms. The molecule has 0 saturated heterocycles. The van der Waals surface area contributed by atoms with Gasteiger partial charge in [0.2, 0.25) is 5.91 Å². The van der Waals surface area contributed by atoms with Gasteiger partial charge < -0.3 is 15.4 Å². The first-order valence-electron chi connectivity index (χ1n) is 8.08. The van der Waals surface area contributed by atoms with Gasteiger partial charge in [-0.1, -0.05) is 12.1 Å². The Balaban J connectivity index is 1.61. The molecule has 1 fully saturated rings. The molecule has 0 atom stereocenters. The molecule has 2 aromatic carbocycles. The van der Waals surface area contributed by atoms with E-state index in [0.717, 1.165) is 18.4 Å². The molecule has 0 radical (unpaired) electrons. The fourth-order valence-electron chi connectivity index (χ4n) is 2.43. The minimum atomic E-state index is -0.637. The van der Waals surface area contributed by atoms with Crippen LogP contribution in [0.5, 0.6) is 5.75 Å². The van der Waals surface area contributed by atoms with Crippen LogP contribution in [0.1, 0.15) is 28.8 Å². The zero-order chi connectivity index (χ0) is 17.8. The van der Waals surface area contributed by atoms with Crippen LogP contribution in [-0.4, -0.2) is 18.9 Å². The lowest BCUT2D eigenvalue weighted by Crippen LogP contribution is -2.24. The lowest BCUT2D eigenvalue weighted by molar-refractivity contribution is -0.117. The molecule has 25 heavy (non-hydrogen) atoms. The van der Waals surface area contributed by atoms with Gasteiger partial charge in [0.25, 0.3) is 5.91 Å². The van der Waals surface area contributed by atoms with Crippen molar-refractivity contribution >= 4 is 17.5 Å². The van der Waals surface area contributed by atoms with Crippen LogP contribution in [0.25, 0.3) is 0 Å². The molecule has 1 aliphatic rings. The van der Waals surface area contributed by atoms with E-state index in [0.29, 0.717) is 11.4 Å². The lowest BCUT2D eigenvalue weighted by Gasteiger charge is -2.09. The molecule has 2 N–H and O–H groups in total. The normalized spacial score (nSPS) is 13.2. The monoisotopic (exact) mass is 342 g/mol. The number of ether oxygens (including phenoxy) is 1. The van der Waals surface area contributed by atoms with E-state index in [2.05, 4.69) is 10.6 Å². The highest BCUT2D eigenvalue weighted by molar-refractivity contribution is 5.95. The molecule has 0 unspecified atom stereocenters. The summed E-state index contributed by atoms with van der Waals surface area (Å²) in [5.74, 6) is -0.633. The van der Waals surface area contributed by atoms with E-state index in [1.807, 2.05) is 6.07 Å². The van der Waals surface area contributed by atoms with Crippen molar-refractivity contribution in [3.05, 3.63) is 59.4 Å². The van der Waals surface area contributed by atoms with Crippen LogP contribution >= 0.6 is 0 Å². The summed E-state index contributed by atoms with van der Waals surface area (Å²) in [6.45, 7) is 0.234. The smallest absolute Gasteiger partial charge is 0.254 e. The number of carbonyl (C=O) groups excluding carboxylic acids is 2. The molecule has 130 valence electrons. The van der Waals surface area contributed by atoms with Crippen molar-refractivity contribution in [2.75, 3.05) is 12.4 Å². The highest BCUT2D eigenvalue weighted by Crippen LogP contribution is 2.30. The number of methoxy groups -OCH3 is 1. The fraction of sp³-hybridized carbons (Fsp3) is 0.263. The zero-order valence-electron chi connectivity index (χ0n) is 13.8. The number of halogens is 1. The van der Waals surface area contributed by atoms with Gasteiger partial charge in [0, 0.05) is 24.2 Å². The van der Waals surface area contributed by atoms with Crippen LogP contribution in [0.15, 0.2) is 42.5 Å². The molecule has 0 aliphatic heterocycles. The first-order valence-corrected chi connectivity index (χ1v) is 8.08. The van der Waals surface area contributed by atoms with Crippen molar-refractivity contribution in [2.45, 2.75) is 19.4 Å². The number of benzene rings is 2. The molecule has 2 amide bonds. The largest absolute Gasteiger partial charge is 0.497 e. The van der Waals surface area contributed by atoms with Crippen LogP contribution in [-0.2, 0) is 11.3 Å². The lowest BCUT2D eigenvalue weighted by atomic mass is 10.1. The number of rotatable bonds is 6. The van der Waals surface area contributed by atoms with Crippen molar-refractivity contribution in [2.24, 2.45) is 5.92 Å². The third kappa shape index (κ3) is 4.35. The second-order valence-corrected chi connectivity index (χ2v) is 5.99. The maximum absolute atomic E-state index is 13.9. The van der Waals surface area contributed by atoms with Gasteiger partial charge in [-0.3, -0.25) is 9.59 Å². The van der Waals surface area contributed by atoms with E-state index in [1.165, 1.54) is 25.3 Å². The summed E-state index contributed by atoms with van der Waals surface area (Å²) < 4.78 is 18.8. The van der Waals surface area contributed by atoms with Crippen LogP contribution in [0.2, 0.25) is 0 Å². The van der Waals surface area contributed by atoms with E-state index in [-0.39, 0.29) is 23.9 Å². The maximum atomic E-state index is 13.9. The topological polar surface area (TPSA) is 67.4 Å². The summed E-state index contributed by atoms with van der Waals surface area (Å²) in [4.78, 5) is 23.9. The third-order valence-electron chi connectivity index (χ3n) is 4.02. The Labute approximate surface area is 145 Å². The number of carbonyl (C=O) groups is 2. The quantitative estimate of drug-likeness (QED) is 0.848. The first-order chi connectivity index (χ1) is 12.1. The van der Waals surface area contributed by atoms with Gasteiger partial charge in [-0.05, 0) is 42.7 Å². The van der Waals surface area contributed by atoms with Crippen LogP contribution < -0.4 is 15.4 Å². The Kier molecular flexibility index (Phi) is 4.97. The van der Waals surface area contributed by atoms with E-state index in [9.17, 15) is 14.0 Å². The van der Waals surface area contributed by atoms with Crippen molar-refractivity contribution < 1.29 is 18.7 Å². The Bertz CT molecular complexity index is 803. The minimum absolute atomic E-state index is 0.0292. The van der Waals surface area contributed by atoms with E-state index in [4.69, 9.17) is 4.74 Å². The summed E-state index contributed by atoms with van der Waals surface area (Å²) in [6.07, 6.45) is 1.88. The Morgan fingerprint density at radius 2 is 2.00 bits per heavy atom. The summed E-state index contributed by atoms with van der Waals surface area (Å²) in [7, 11) is 1.43. The average Bonchev–Trinajstić information content (AvgIpc) is 3.45. The molecular formula is C19H19FN2O3. The Morgan fingerprint density at radius 1 is 1.20 bits per heavy atom. The molecule has 0 aromatic heterocycles. The number of hydrogen-bond acceptors (Lipinski definition) is 3. The van der Waals surface area contributed by atoms with Gasteiger partial charge in [0.1, 0.15) is 11.6 Å². The predicted octanol–water partition coefficient (Wildman–Crippen LogP) is 3.11. The van der Waals surface area contributed by atoms with E-state index in [1.54, 1.807) is 18.2 Å². The average molecular weight is 342 g/mol. The standard InChI is InChI=1S/C19H19FN2O3/c1-25-15-7-8-16(17(20)10-15)19(24)21-11-12-3-2-4-14(9-12)22-18(23)13-5-6-13/h2-4,7-10,13H,5-6,11H2,1H3,(H,21,24)(H,22,23). The van der Waals surface area contributed by atoms with E-state index < -0.39 is 11.7 Å². The second-order valence-electron chi connectivity index (χ2n) is 5.99. The Morgan fingerprint density at radius 3 is 2.68 bits per heavy atom. The fourth-order valence-corrected chi connectivity index (χ4v) is 2.43. The second kappa shape index (κ2) is 7.34. The SMILES string of the molecule is COc1ccc(C(=O)NCc2cccc(NC(=O)C3CC3)c2)c(F)c1. The number of anilines is 1.